The van der Waals surface area contributed by atoms with Gasteiger partial charge in [-0.25, -0.2) is 4.57 Å². The van der Waals surface area contributed by atoms with Gasteiger partial charge in [0.1, 0.15) is 12.8 Å². The first-order valence-corrected chi connectivity index (χ1v) is 29.2. The van der Waals surface area contributed by atoms with E-state index in [0.717, 1.165) is 28.7 Å². The zero-order valence-electron chi connectivity index (χ0n) is 56.1. The van der Waals surface area contributed by atoms with Gasteiger partial charge in [-0.05, 0) is 184 Å². The quantitative estimate of drug-likeness (QED) is 0.00891. The van der Waals surface area contributed by atoms with E-state index in [1.54, 1.807) is 45.0 Å². The molecule has 496 valence electrons. The minimum Gasteiger partial charge on any atom is -0.508 e. The standard InChI is InChI=1S/C15H14O.C13H15NO.C11H14NO.C11H12O2.C8H15N3O.C7H11NO2.C6H10N2O.C4H6O/c1-11(12(2)16)10-14-8-5-7-13-6-3-4-9-15(13)14;1-9(11(3)15)7-12-5-4-6-13(8-12)10(2)14;1-9(10(2)13)7-11-5-4-6-12(3)8-11;1-8(9(2)12)7-10-3-5-11(13)6-4-10;1-6(7(2)12)4-3-5-11-8(9)10;1-5(6(2)9)3-4-7(8)10;1-4(5(2)9)3-6(7)8;1-3-4(2)5/h3-9H,1,10H2,2H3;4-6,8,14H,1,7H2,2-3H3;4-6,8H,1,7H2,2-3H3;3-6,13H,1,7H2,2H3;1,3-5H2,2H3,(H4,9,10,11);1,3-4H2,2H3,(H2,8,10);1,3H2,2H3,(H3,7,8);3H,1H2,2H3/q;;+1;;;;;. The van der Waals surface area contributed by atoms with Crippen molar-refractivity contribution in [2.24, 2.45) is 35.0 Å². The molecule has 18 heteroatoms. The normalized spacial score (nSPS) is 9.35. The van der Waals surface area contributed by atoms with E-state index in [-0.39, 0.29) is 76.7 Å². The number of fused-ring (bicyclic) bond motifs is 1. The Hall–Kier alpha value is -10.8. The first-order valence-electron chi connectivity index (χ1n) is 29.2. The van der Waals surface area contributed by atoms with E-state index in [0.29, 0.717) is 89.8 Å². The fourth-order valence-electron chi connectivity index (χ4n) is 6.68. The second-order valence-corrected chi connectivity index (χ2v) is 21.2. The van der Waals surface area contributed by atoms with Gasteiger partial charge in [0.25, 0.3) is 0 Å². The second-order valence-electron chi connectivity index (χ2n) is 21.2. The molecule has 0 saturated heterocycles. The summed E-state index contributed by atoms with van der Waals surface area (Å²) in [5.41, 5.74) is 29.8. The predicted octanol–water partition coefficient (Wildman–Crippen LogP) is 11.4. The van der Waals surface area contributed by atoms with Gasteiger partial charge >= 0.3 is 0 Å². The number of nitrogens with two attached hydrogens (primary N) is 4. The number of primary amides is 1. The summed E-state index contributed by atoms with van der Waals surface area (Å²) >= 11 is 0. The van der Waals surface area contributed by atoms with Crippen molar-refractivity contribution in [3.05, 3.63) is 241 Å². The molecule has 1 amide bonds. The number of pyridine rings is 1. The van der Waals surface area contributed by atoms with E-state index in [9.17, 15) is 43.2 Å². The first-order chi connectivity index (χ1) is 43.2. The maximum atomic E-state index is 11.2. The van der Waals surface area contributed by atoms with Crippen LogP contribution in [-0.4, -0.2) is 81.3 Å². The Balaban J connectivity index is -0.00000101. The van der Waals surface area contributed by atoms with Crippen LogP contribution in [0.25, 0.3) is 10.8 Å². The highest BCUT2D eigenvalue weighted by Crippen LogP contribution is 2.21. The fraction of sp³-hybridized carbons (Fsp3) is 0.267. The Kier molecular flexibility index (Phi) is 44.8. The average molecular weight is 1270 g/mol. The molecule has 0 aliphatic carbocycles. The highest BCUT2D eigenvalue weighted by molar-refractivity contribution is 5.99. The lowest BCUT2D eigenvalue weighted by Gasteiger charge is -2.06. The van der Waals surface area contributed by atoms with Gasteiger partial charge in [0.15, 0.2) is 64.6 Å². The number of benzene rings is 4. The van der Waals surface area contributed by atoms with Crippen molar-refractivity contribution in [1.29, 1.82) is 10.8 Å². The molecule has 1 heterocycles. The minimum absolute atomic E-state index is 0.00748. The third kappa shape index (κ3) is 45.2. The number of allylic oxidation sites excluding steroid dienone is 7. The number of Topliss-reactive ketones (excluding diaryl/α,β-unsaturated/α-hetero) is 7. The summed E-state index contributed by atoms with van der Waals surface area (Å²) in [5.74, 6) is -0.0890. The molecule has 0 bridgehead atoms. The van der Waals surface area contributed by atoms with Crippen molar-refractivity contribution in [2.75, 3.05) is 6.54 Å². The van der Waals surface area contributed by atoms with Crippen LogP contribution in [0.5, 0.6) is 5.75 Å². The van der Waals surface area contributed by atoms with Crippen LogP contribution in [0.2, 0.25) is 0 Å². The second kappa shape index (κ2) is 48.1. The number of guanidine groups is 1. The molecule has 0 radical (unpaired) electrons. The minimum atomic E-state index is -0.401. The Morgan fingerprint density at radius 1 is 0.505 bits per heavy atom. The van der Waals surface area contributed by atoms with Crippen LogP contribution in [0.3, 0.4) is 0 Å². The molecule has 5 rings (SSSR count). The van der Waals surface area contributed by atoms with Gasteiger partial charge < -0.3 is 33.5 Å². The topological polar surface area (TPSA) is 342 Å². The summed E-state index contributed by atoms with van der Waals surface area (Å²) in [5, 5.41) is 25.7. The highest BCUT2D eigenvalue weighted by atomic mass is 16.3. The van der Waals surface area contributed by atoms with Gasteiger partial charge in [0.05, 0.1) is 5.84 Å². The smallest absolute Gasteiger partial charge is 0.217 e. The maximum absolute atomic E-state index is 11.2. The summed E-state index contributed by atoms with van der Waals surface area (Å²) < 4.78 is 1.96. The molecule has 0 fully saturated rings. The Morgan fingerprint density at radius 2 is 0.935 bits per heavy atom. The fourth-order valence-corrected chi connectivity index (χ4v) is 6.68. The number of carbonyl (C=O) groups is 9. The zero-order valence-corrected chi connectivity index (χ0v) is 56.1. The summed E-state index contributed by atoms with van der Waals surface area (Å²) in [7, 11) is 1.96. The highest BCUT2D eigenvalue weighted by Gasteiger charge is 2.09. The largest absolute Gasteiger partial charge is 0.508 e. The molecule has 0 aliphatic rings. The predicted molar refractivity (Wildman–Crippen MR) is 378 cm³/mol. The van der Waals surface area contributed by atoms with Crippen LogP contribution in [0, 0.1) is 10.8 Å². The maximum Gasteiger partial charge on any atom is 0.217 e. The summed E-state index contributed by atoms with van der Waals surface area (Å²) in [6.07, 6.45) is 9.82. The lowest BCUT2D eigenvalue weighted by atomic mass is 9.98. The van der Waals surface area contributed by atoms with Crippen molar-refractivity contribution < 1.29 is 52.8 Å². The number of phenols is 1. The molecule has 1 aromatic heterocycles. The Labute approximate surface area is 550 Å². The molecule has 0 atom stereocenters. The molecule has 0 saturated carbocycles. The van der Waals surface area contributed by atoms with E-state index in [2.05, 4.69) is 81.9 Å². The molecule has 4 aromatic carbocycles. The molecule has 0 aliphatic heterocycles. The number of nitrogens with one attached hydrogen (secondary N) is 2. The number of aryl methyl sites for hydroxylation is 1. The van der Waals surface area contributed by atoms with Crippen LogP contribution in [0.15, 0.2) is 218 Å². The van der Waals surface area contributed by atoms with Crippen LogP contribution in [0.4, 0.5) is 0 Å². The van der Waals surface area contributed by atoms with E-state index < -0.39 is 5.91 Å². The van der Waals surface area contributed by atoms with Gasteiger partial charge in [-0.3, -0.25) is 53.6 Å². The van der Waals surface area contributed by atoms with Gasteiger partial charge in [-0.2, -0.15) is 0 Å². The number of ketones is 8. The molecular weight excluding hydrogens is 1170 g/mol. The summed E-state index contributed by atoms with van der Waals surface area (Å²) in [6, 6.07) is 32.7. The van der Waals surface area contributed by atoms with E-state index >= 15 is 0 Å². The number of phenolic OH excluding ortho intramolecular Hbond substituents is 1. The van der Waals surface area contributed by atoms with E-state index in [1.807, 2.05) is 78.6 Å². The molecule has 5 aromatic rings. The van der Waals surface area contributed by atoms with E-state index in [4.69, 9.17) is 38.9 Å². The van der Waals surface area contributed by atoms with Gasteiger partial charge in [-0.1, -0.05) is 125 Å². The number of aromatic nitrogens is 1. The SMILES string of the molecule is C=C(CC(=N)N)C(C)=O.C=C(CCC(N)=O)C(C)=O.C=C(CCCN=C(N)N)C(C)=O.C=C(Cc1ccc(O)cc1)C(C)=O.C=C(Cc1ccc[n+](C)c1)C(C)=O.C=C(Cc1cccc(C(C)=N)c1)C(C)=O.C=C(Cc1cccc2ccccc12)C(C)=O.C=CC(C)=O. The lowest BCUT2D eigenvalue weighted by molar-refractivity contribution is -0.671. The molecule has 0 spiro atoms. The Bertz CT molecular complexity index is 3560. The first kappa shape index (κ1) is 86.5. The third-order valence-corrected chi connectivity index (χ3v) is 12.6. The zero-order chi connectivity index (χ0) is 72.1. The summed E-state index contributed by atoms with van der Waals surface area (Å²) in [6.45, 7) is 42.9. The Morgan fingerprint density at radius 3 is 1.37 bits per heavy atom. The van der Waals surface area contributed by atoms with Crippen LogP contribution in [-0.2, 0) is 75.9 Å². The van der Waals surface area contributed by atoms with E-state index in [1.165, 1.54) is 64.0 Å². The number of hydrogen-bond acceptors (Lipinski definition) is 13. The van der Waals surface area contributed by atoms with Crippen molar-refractivity contribution in [3.63, 3.8) is 0 Å². The van der Waals surface area contributed by atoms with Gasteiger partial charge in [0, 0.05) is 62.4 Å². The molecule has 93 heavy (non-hydrogen) atoms. The third-order valence-electron chi connectivity index (χ3n) is 12.6. The van der Waals surface area contributed by atoms with Crippen LogP contribution >= 0.6 is 0 Å². The summed E-state index contributed by atoms with van der Waals surface area (Å²) in [4.78, 5) is 99.3. The number of aromatic hydroxyl groups is 1. The van der Waals surface area contributed by atoms with Crippen molar-refractivity contribution >= 4 is 80.5 Å². The number of aliphatic imine (C=N–C) groups is 1. The number of rotatable bonds is 26. The number of nitrogens with zero attached hydrogens (tertiary/aromatic N) is 2. The lowest BCUT2D eigenvalue weighted by Crippen LogP contribution is -2.27. The molecule has 18 nitrogen and oxygen atoms in total. The van der Waals surface area contributed by atoms with Crippen LogP contribution < -0.4 is 27.5 Å². The molecule has 11 N–H and O–H groups in total. The van der Waals surface area contributed by atoms with Crippen molar-refractivity contribution in [1.82, 2.24) is 0 Å². The van der Waals surface area contributed by atoms with Crippen molar-refractivity contribution in [3.8, 4) is 5.75 Å². The number of hydrogen-bond donors (Lipinski definition) is 7. The van der Waals surface area contributed by atoms with Gasteiger partial charge in [0.2, 0.25) is 5.91 Å². The molecule has 0 unspecified atom stereocenters. The average Bonchev–Trinajstić information content (AvgIpc) is 0.937. The van der Waals surface area contributed by atoms with Crippen LogP contribution in [0.1, 0.15) is 122 Å². The van der Waals surface area contributed by atoms with Gasteiger partial charge in [-0.15, -0.1) is 0 Å². The number of amides is 1. The van der Waals surface area contributed by atoms with Crippen molar-refractivity contribution in [2.45, 2.75) is 120 Å². The monoisotopic (exact) mass is 1270 g/mol. The molecular formula is C75H97N8O10+. The number of amidine groups is 1. The number of carbonyl (C=O) groups excluding carboxylic acids is 9.